The number of hydrogen-bond acceptors (Lipinski definition) is 4. The van der Waals surface area contributed by atoms with E-state index < -0.39 is 0 Å². The maximum atomic E-state index is 12.5. The molecule has 32 heavy (non-hydrogen) atoms. The van der Waals surface area contributed by atoms with E-state index in [-0.39, 0.29) is 24.5 Å². The highest BCUT2D eigenvalue weighted by Crippen LogP contribution is 2.33. The fourth-order valence-electron chi connectivity index (χ4n) is 3.42. The highest BCUT2D eigenvalue weighted by atomic mass is 32.1. The van der Waals surface area contributed by atoms with E-state index in [2.05, 4.69) is 17.4 Å². The Morgan fingerprint density at radius 2 is 1.50 bits per heavy atom. The van der Waals surface area contributed by atoms with Crippen LogP contribution in [0.2, 0.25) is 0 Å². The van der Waals surface area contributed by atoms with Crippen molar-refractivity contribution >= 4 is 28.2 Å². The molecule has 0 unspecified atom stereocenters. The number of ketones is 1. The van der Waals surface area contributed by atoms with Crippen molar-refractivity contribution in [2.24, 2.45) is 0 Å². The smallest absolute Gasteiger partial charge is 0.226 e. The second kappa shape index (κ2) is 10.2. The second-order valence-corrected chi connectivity index (χ2v) is 8.74. The number of nitrogens with one attached hydrogen (secondary N) is 1. The summed E-state index contributed by atoms with van der Waals surface area (Å²) in [5.41, 5.74) is 4.82. The van der Waals surface area contributed by atoms with Gasteiger partial charge in [0.15, 0.2) is 10.9 Å². The molecule has 0 aliphatic heterocycles. The fourth-order valence-corrected chi connectivity index (χ4v) is 4.45. The molecule has 0 aliphatic rings. The Balaban J connectivity index is 1.46. The Morgan fingerprint density at radius 1 is 0.844 bits per heavy atom. The first-order valence-electron chi connectivity index (χ1n) is 10.6. The number of aromatic nitrogens is 1. The minimum Gasteiger partial charge on any atom is -0.302 e. The third-order valence-corrected chi connectivity index (χ3v) is 6.12. The summed E-state index contributed by atoms with van der Waals surface area (Å²) in [7, 11) is 0. The third-order valence-electron chi connectivity index (χ3n) is 5.15. The SMILES string of the molecule is Cc1ccc(C(=O)CCC(=O)Nc2nc(-c3ccccc3)c(Cc3ccccc3)s2)cc1. The monoisotopic (exact) mass is 440 g/mol. The summed E-state index contributed by atoms with van der Waals surface area (Å²) in [5.74, 6) is -0.237. The number of anilines is 1. The van der Waals surface area contributed by atoms with Crippen molar-refractivity contribution in [3.8, 4) is 11.3 Å². The van der Waals surface area contributed by atoms with Crippen LogP contribution in [0.15, 0.2) is 84.9 Å². The second-order valence-electron chi connectivity index (χ2n) is 7.66. The Morgan fingerprint density at radius 3 is 2.19 bits per heavy atom. The third kappa shape index (κ3) is 5.56. The summed E-state index contributed by atoms with van der Waals surface area (Å²) in [6, 6.07) is 27.6. The van der Waals surface area contributed by atoms with Crippen LogP contribution in [0.25, 0.3) is 11.3 Å². The summed E-state index contributed by atoms with van der Waals surface area (Å²) in [6.45, 7) is 1.98. The number of aryl methyl sites for hydroxylation is 1. The summed E-state index contributed by atoms with van der Waals surface area (Å²) >= 11 is 1.48. The van der Waals surface area contributed by atoms with E-state index in [1.165, 1.54) is 16.9 Å². The lowest BCUT2D eigenvalue weighted by atomic mass is 10.1. The zero-order chi connectivity index (χ0) is 22.3. The molecular formula is C27H24N2O2S. The molecule has 5 heteroatoms. The minimum atomic E-state index is -0.204. The first kappa shape index (κ1) is 21.7. The van der Waals surface area contributed by atoms with Crippen LogP contribution in [0.5, 0.6) is 0 Å². The Hall–Kier alpha value is -3.57. The maximum Gasteiger partial charge on any atom is 0.226 e. The number of carbonyl (C=O) groups excluding carboxylic acids is 2. The standard InChI is InChI=1S/C27H24N2O2S/c1-19-12-14-21(15-13-19)23(30)16-17-25(31)28-27-29-26(22-10-6-3-7-11-22)24(32-27)18-20-8-4-2-5-9-20/h2-15H,16-18H2,1H3,(H,28,29,31). The predicted octanol–water partition coefficient (Wildman–Crippen LogP) is 6.31. The number of benzene rings is 3. The fraction of sp³-hybridized carbons (Fsp3) is 0.148. The Bertz CT molecular complexity index is 1200. The van der Waals surface area contributed by atoms with Crippen LogP contribution in [-0.4, -0.2) is 16.7 Å². The van der Waals surface area contributed by atoms with Gasteiger partial charge in [-0.05, 0) is 12.5 Å². The van der Waals surface area contributed by atoms with Crippen LogP contribution in [0.1, 0.15) is 39.2 Å². The molecule has 0 saturated carbocycles. The number of amides is 1. The van der Waals surface area contributed by atoms with Crippen LogP contribution >= 0.6 is 11.3 Å². The molecule has 160 valence electrons. The van der Waals surface area contributed by atoms with Crippen LogP contribution in [0.4, 0.5) is 5.13 Å². The van der Waals surface area contributed by atoms with E-state index in [1.807, 2.05) is 67.6 Å². The molecule has 0 atom stereocenters. The molecule has 0 saturated heterocycles. The van der Waals surface area contributed by atoms with Gasteiger partial charge in [0.25, 0.3) is 0 Å². The summed E-state index contributed by atoms with van der Waals surface area (Å²) < 4.78 is 0. The largest absolute Gasteiger partial charge is 0.302 e. The lowest BCUT2D eigenvalue weighted by Crippen LogP contribution is -2.13. The number of Topliss-reactive ketones (excluding diaryl/α,β-unsaturated/α-hetero) is 1. The molecule has 4 rings (SSSR count). The van der Waals surface area contributed by atoms with Crippen molar-refractivity contribution < 1.29 is 9.59 Å². The van der Waals surface area contributed by atoms with Gasteiger partial charge >= 0.3 is 0 Å². The normalized spacial score (nSPS) is 10.7. The number of carbonyl (C=O) groups is 2. The van der Waals surface area contributed by atoms with Crippen molar-refractivity contribution in [1.82, 2.24) is 4.98 Å². The van der Waals surface area contributed by atoms with Gasteiger partial charge in [-0.2, -0.15) is 0 Å². The van der Waals surface area contributed by atoms with Gasteiger partial charge in [0.05, 0.1) is 5.69 Å². The van der Waals surface area contributed by atoms with E-state index in [9.17, 15) is 9.59 Å². The first-order valence-corrected chi connectivity index (χ1v) is 11.4. The molecule has 0 bridgehead atoms. The van der Waals surface area contributed by atoms with E-state index in [1.54, 1.807) is 12.1 Å². The number of nitrogens with zero attached hydrogens (tertiary/aromatic N) is 1. The molecule has 1 amide bonds. The van der Waals surface area contributed by atoms with Crippen molar-refractivity contribution in [1.29, 1.82) is 0 Å². The maximum absolute atomic E-state index is 12.5. The topological polar surface area (TPSA) is 59.1 Å². The highest BCUT2D eigenvalue weighted by Gasteiger charge is 2.16. The summed E-state index contributed by atoms with van der Waals surface area (Å²) in [5, 5.41) is 3.45. The quantitative estimate of drug-likeness (QED) is 0.327. The van der Waals surface area contributed by atoms with Crippen LogP contribution in [-0.2, 0) is 11.2 Å². The molecule has 0 aliphatic carbocycles. The minimum absolute atomic E-state index is 0.0333. The van der Waals surface area contributed by atoms with Gasteiger partial charge in [-0.3, -0.25) is 9.59 Å². The van der Waals surface area contributed by atoms with Gasteiger partial charge in [0, 0.05) is 35.3 Å². The van der Waals surface area contributed by atoms with Gasteiger partial charge < -0.3 is 5.32 Å². The molecule has 4 aromatic rings. The summed E-state index contributed by atoms with van der Waals surface area (Å²) in [6.07, 6.45) is 1.04. The van der Waals surface area contributed by atoms with Gasteiger partial charge in [0.2, 0.25) is 5.91 Å². The van der Waals surface area contributed by atoms with Gasteiger partial charge in [-0.25, -0.2) is 4.98 Å². The molecule has 1 aromatic heterocycles. The predicted molar refractivity (Wildman–Crippen MR) is 130 cm³/mol. The zero-order valence-corrected chi connectivity index (χ0v) is 18.7. The first-order chi connectivity index (χ1) is 15.6. The number of hydrogen-bond donors (Lipinski definition) is 1. The lowest BCUT2D eigenvalue weighted by Gasteiger charge is -2.03. The van der Waals surface area contributed by atoms with Gasteiger partial charge in [-0.1, -0.05) is 90.5 Å². The Kier molecular flexibility index (Phi) is 6.87. The molecule has 0 radical (unpaired) electrons. The molecule has 4 nitrogen and oxygen atoms in total. The molecule has 3 aromatic carbocycles. The van der Waals surface area contributed by atoms with Crippen LogP contribution in [0, 0.1) is 6.92 Å². The zero-order valence-electron chi connectivity index (χ0n) is 17.9. The van der Waals surface area contributed by atoms with E-state index >= 15 is 0 Å². The van der Waals surface area contributed by atoms with Crippen molar-refractivity contribution in [3.05, 3.63) is 106 Å². The van der Waals surface area contributed by atoms with Crippen LogP contribution in [0.3, 0.4) is 0 Å². The lowest BCUT2D eigenvalue weighted by molar-refractivity contribution is -0.116. The molecule has 1 N–H and O–H groups in total. The number of thiazole rings is 1. The van der Waals surface area contributed by atoms with Crippen molar-refractivity contribution in [2.75, 3.05) is 5.32 Å². The molecule has 0 fully saturated rings. The highest BCUT2D eigenvalue weighted by molar-refractivity contribution is 7.16. The van der Waals surface area contributed by atoms with Crippen molar-refractivity contribution in [3.63, 3.8) is 0 Å². The number of rotatable bonds is 8. The average Bonchev–Trinajstić information content (AvgIpc) is 3.21. The van der Waals surface area contributed by atoms with E-state index in [0.717, 1.165) is 28.1 Å². The van der Waals surface area contributed by atoms with Crippen LogP contribution < -0.4 is 5.32 Å². The summed E-state index contributed by atoms with van der Waals surface area (Å²) in [4.78, 5) is 30.7. The molecular weight excluding hydrogens is 416 g/mol. The molecule has 1 heterocycles. The molecule has 0 spiro atoms. The van der Waals surface area contributed by atoms with Gasteiger partial charge in [0.1, 0.15) is 0 Å². The average molecular weight is 441 g/mol. The van der Waals surface area contributed by atoms with E-state index in [4.69, 9.17) is 4.98 Å². The Labute approximate surface area is 192 Å². The van der Waals surface area contributed by atoms with Crippen molar-refractivity contribution in [2.45, 2.75) is 26.2 Å². The van der Waals surface area contributed by atoms with E-state index in [0.29, 0.717) is 10.7 Å². The van der Waals surface area contributed by atoms with Gasteiger partial charge in [-0.15, -0.1) is 11.3 Å².